The molecule has 0 amide bonds. The van der Waals surface area contributed by atoms with Gasteiger partial charge in [0.15, 0.2) is 5.82 Å². The van der Waals surface area contributed by atoms with E-state index in [1.54, 1.807) is 26.0 Å². The minimum Gasteiger partial charge on any atom is -0.279 e. The van der Waals surface area contributed by atoms with Gasteiger partial charge in [-0.1, -0.05) is 41.4 Å². The fourth-order valence-electron chi connectivity index (χ4n) is 2.90. The molecule has 0 heterocycles. The number of benzene rings is 3. The average molecular weight is 483 g/mol. The predicted molar refractivity (Wildman–Crippen MR) is 120 cm³/mol. The van der Waals surface area contributed by atoms with Crippen LogP contribution < -0.4 is 9.44 Å². The molecule has 6 nitrogen and oxygen atoms in total. The Labute approximate surface area is 186 Å². The van der Waals surface area contributed by atoms with E-state index in [9.17, 15) is 21.2 Å². The summed E-state index contributed by atoms with van der Waals surface area (Å²) in [5, 5.41) is -0.339. The third kappa shape index (κ3) is 5.00. The van der Waals surface area contributed by atoms with Gasteiger partial charge in [-0.15, -0.1) is 0 Å². The van der Waals surface area contributed by atoms with Crippen molar-refractivity contribution in [2.24, 2.45) is 0 Å². The van der Waals surface area contributed by atoms with Gasteiger partial charge < -0.3 is 0 Å². The molecule has 3 aromatic rings. The second-order valence-corrected chi connectivity index (χ2v) is 10.8. The lowest BCUT2D eigenvalue weighted by Crippen LogP contribution is -2.17. The Kier molecular flexibility index (Phi) is 6.31. The third-order valence-corrected chi connectivity index (χ3v) is 7.63. The van der Waals surface area contributed by atoms with E-state index < -0.39 is 30.8 Å². The maximum atomic E-state index is 14.2. The summed E-state index contributed by atoms with van der Waals surface area (Å²) in [6.45, 7) is 5.27. The van der Waals surface area contributed by atoms with E-state index in [0.29, 0.717) is 11.3 Å². The average Bonchev–Trinajstić information content (AvgIpc) is 2.67. The first-order chi connectivity index (χ1) is 14.4. The SMILES string of the molecule is Cc1ccc(NS(=O)(=O)c2ccc(C)c(NS(=O)(=O)c3cccc(Cl)c3F)c2)c(C)c1. The summed E-state index contributed by atoms with van der Waals surface area (Å²) in [4.78, 5) is -0.789. The quantitative estimate of drug-likeness (QED) is 0.516. The van der Waals surface area contributed by atoms with Gasteiger partial charge in [0.1, 0.15) is 4.90 Å². The van der Waals surface area contributed by atoms with Gasteiger partial charge in [-0.25, -0.2) is 21.2 Å². The molecule has 0 saturated heterocycles. The molecular formula is C21H20ClFN2O4S2. The zero-order valence-electron chi connectivity index (χ0n) is 16.9. The first kappa shape index (κ1) is 23.1. The Balaban J connectivity index is 1.97. The van der Waals surface area contributed by atoms with Gasteiger partial charge in [0.25, 0.3) is 20.0 Å². The summed E-state index contributed by atoms with van der Waals surface area (Å²) < 4.78 is 70.1. The second-order valence-electron chi connectivity index (χ2n) is 7.06. The van der Waals surface area contributed by atoms with Gasteiger partial charge >= 0.3 is 0 Å². The molecule has 0 atom stereocenters. The summed E-state index contributed by atoms with van der Waals surface area (Å²) in [5.41, 5.74) is 2.60. The Bertz CT molecular complexity index is 1370. The van der Waals surface area contributed by atoms with E-state index in [1.165, 1.54) is 30.3 Å². The number of hydrogen-bond donors (Lipinski definition) is 2. The minimum atomic E-state index is -4.35. The van der Waals surface area contributed by atoms with Crippen LogP contribution in [0.4, 0.5) is 15.8 Å². The third-order valence-electron chi connectivity index (χ3n) is 4.60. The van der Waals surface area contributed by atoms with Crippen molar-refractivity contribution < 1.29 is 21.2 Å². The molecule has 0 aromatic heterocycles. The van der Waals surface area contributed by atoms with E-state index in [4.69, 9.17) is 11.6 Å². The highest BCUT2D eigenvalue weighted by atomic mass is 35.5. The van der Waals surface area contributed by atoms with Crippen LogP contribution in [0.3, 0.4) is 0 Å². The van der Waals surface area contributed by atoms with Crippen LogP contribution in [-0.2, 0) is 20.0 Å². The Morgan fingerprint density at radius 3 is 2.13 bits per heavy atom. The minimum absolute atomic E-state index is 0.00267. The zero-order valence-corrected chi connectivity index (χ0v) is 19.3. The monoisotopic (exact) mass is 482 g/mol. The fourth-order valence-corrected chi connectivity index (χ4v) is 5.51. The molecule has 3 rings (SSSR count). The van der Waals surface area contributed by atoms with Crippen molar-refractivity contribution in [3.05, 3.63) is 82.1 Å². The molecule has 0 bridgehead atoms. The number of hydrogen-bond acceptors (Lipinski definition) is 4. The van der Waals surface area contributed by atoms with Crippen molar-refractivity contribution in [2.75, 3.05) is 9.44 Å². The van der Waals surface area contributed by atoms with Crippen LogP contribution in [0, 0.1) is 26.6 Å². The van der Waals surface area contributed by atoms with E-state index in [0.717, 1.165) is 17.2 Å². The van der Waals surface area contributed by atoms with E-state index in [-0.39, 0.29) is 15.6 Å². The van der Waals surface area contributed by atoms with Crippen LogP contribution in [0.1, 0.15) is 16.7 Å². The van der Waals surface area contributed by atoms with Gasteiger partial charge in [0.05, 0.1) is 21.3 Å². The lowest BCUT2D eigenvalue weighted by Gasteiger charge is -2.15. The summed E-state index contributed by atoms with van der Waals surface area (Å²) >= 11 is 5.68. The normalized spacial score (nSPS) is 11.9. The summed E-state index contributed by atoms with van der Waals surface area (Å²) in [6, 6.07) is 12.9. The van der Waals surface area contributed by atoms with Crippen molar-refractivity contribution in [3.63, 3.8) is 0 Å². The number of nitrogens with one attached hydrogen (secondary N) is 2. The van der Waals surface area contributed by atoms with Gasteiger partial charge in [-0.2, -0.15) is 0 Å². The number of aryl methyl sites for hydroxylation is 3. The maximum absolute atomic E-state index is 14.2. The maximum Gasteiger partial charge on any atom is 0.264 e. The van der Waals surface area contributed by atoms with Crippen LogP contribution in [-0.4, -0.2) is 16.8 Å². The van der Waals surface area contributed by atoms with E-state index in [1.807, 2.05) is 13.0 Å². The van der Waals surface area contributed by atoms with E-state index >= 15 is 0 Å². The van der Waals surface area contributed by atoms with Crippen molar-refractivity contribution in [2.45, 2.75) is 30.6 Å². The summed E-state index contributed by atoms with van der Waals surface area (Å²) in [6.07, 6.45) is 0. The van der Waals surface area contributed by atoms with Crippen molar-refractivity contribution in [1.82, 2.24) is 0 Å². The zero-order chi connectivity index (χ0) is 23.0. The van der Waals surface area contributed by atoms with Crippen LogP contribution in [0.5, 0.6) is 0 Å². The van der Waals surface area contributed by atoms with Crippen LogP contribution in [0.25, 0.3) is 0 Å². The van der Waals surface area contributed by atoms with Crippen molar-refractivity contribution in [1.29, 1.82) is 0 Å². The predicted octanol–water partition coefficient (Wildman–Crippen LogP) is 5.01. The molecule has 0 aliphatic carbocycles. The number of sulfonamides is 2. The highest BCUT2D eigenvalue weighted by molar-refractivity contribution is 7.93. The Morgan fingerprint density at radius 1 is 0.774 bits per heavy atom. The lowest BCUT2D eigenvalue weighted by atomic mass is 10.1. The number of halogens is 2. The molecule has 0 aliphatic heterocycles. The fraction of sp³-hybridized carbons (Fsp3) is 0.143. The van der Waals surface area contributed by atoms with Gasteiger partial charge in [0.2, 0.25) is 0 Å². The Hall–Kier alpha value is -2.62. The van der Waals surface area contributed by atoms with Crippen LogP contribution >= 0.6 is 11.6 Å². The Morgan fingerprint density at radius 2 is 1.45 bits per heavy atom. The largest absolute Gasteiger partial charge is 0.279 e. The molecule has 0 radical (unpaired) electrons. The molecule has 3 aromatic carbocycles. The molecule has 164 valence electrons. The summed E-state index contributed by atoms with van der Waals surface area (Å²) in [7, 11) is -8.35. The van der Waals surface area contributed by atoms with Crippen molar-refractivity contribution >= 4 is 43.0 Å². The van der Waals surface area contributed by atoms with Crippen LogP contribution in [0.2, 0.25) is 5.02 Å². The van der Waals surface area contributed by atoms with Gasteiger partial charge in [-0.3, -0.25) is 9.44 Å². The van der Waals surface area contributed by atoms with Gasteiger partial charge in [-0.05, 0) is 62.2 Å². The van der Waals surface area contributed by atoms with Crippen molar-refractivity contribution in [3.8, 4) is 0 Å². The standard InChI is InChI=1S/C21H20ClFN2O4S2/c1-13-7-10-18(15(3)11-13)24-30(26,27)16-9-8-14(2)19(12-16)25-31(28,29)20-6-4-5-17(22)21(20)23/h4-12,24-25H,1-3H3. The highest BCUT2D eigenvalue weighted by Gasteiger charge is 2.23. The first-order valence-corrected chi connectivity index (χ1v) is 12.4. The molecule has 0 aliphatic rings. The first-order valence-electron chi connectivity index (χ1n) is 9.08. The smallest absolute Gasteiger partial charge is 0.264 e. The molecule has 0 fully saturated rings. The molecule has 31 heavy (non-hydrogen) atoms. The molecular weight excluding hydrogens is 463 g/mol. The topological polar surface area (TPSA) is 92.3 Å². The molecule has 0 unspecified atom stereocenters. The second kappa shape index (κ2) is 8.49. The van der Waals surface area contributed by atoms with Crippen LogP contribution in [0.15, 0.2) is 64.4 Å². The number of rotatable bonds is 6. The molecule has 10 heteroatoms. The van der Waals surface area contributed by atoms with E-state index in [2.05, 4.69) is 9.44 Å². The lowest BCUT2D eigenvalue weighted by molar-refractivity contribution is 0.570. The highest BCUT2D eigenvalue weighted by Crippen LogP contribution is 2.28. The number of anilines is 2. The molecule has 2 N–H and O–H groups in total. The van der Waals surface area contributed by atoms with Gasteiger partial charge in [0, 0.05) is 0 Å². The molecule has 0 spiro atoms. The molecule has 0 saturated carbocycles. The summed E-state index contributed by atoms with van der Waals surface area (Å²) in [5.74, 6) is -1.09.